The number of nitrogens with zero attached hydrogens (tertiary/aromatic N) is 1. The minimum atomic E-state index is -0.484. The number of carbonyl (C=O) groups is 2. The maximum Gasteiger partial charge on any atom is 0.410 e. The fourth-order valence-electron chi connectivity index (χ4n) is 2.85. The zero-order valence-electron chi connectivity index (χ0n) is 14.1. The highest BCUT2D eigenvalue weighted by molar-refractivity contribution is 5.69. The van der Waals surface area contributed by atoms with Crippen LogP contribution in [-0.4, -0.2) is 49.2 Å². The molecule has 0 spiro atoms. The molecular weight excluding hydrogens is 282 g/mol. The molecule has 1 aliphatic carbocycles. The van der Waals surface area contributed by atoms with Crippen LogP contribution in [0.25, 0.3) is 0 Å². The van der Waals surface area contributed by atoms with E-state index in [1.807, 2.05) is 20.8 Å². The smallest absolute Gasteiger partial charge is 0.410 e. The van der Waals surface area contributed by atoms with Crippen LogP contribution in [0.2, 0.25) is 0 Å². The van der Waals surface area contributed by atoms with Crippen LogP contribution in [0.3, 0.4) is 0 Å². The molecule has 126 valence electrons. The molecule has 0 N–H and O–H groups in total. The van der Waals surface area contributed by atoms with Crippen LogP contribution in [-0.2, 0) is 14.3 Å². The summed E-state index contributed by atoms with van der Waals surface area (Å²) in [7, 11) is 0. The van der Waals surface area contributed by atoms with Gasteiger partial charge in [-0.3, -0.25) is 0 Å². The lowest BCUT2D eigenvalue weighted by Crippen LogP contribution is -2.47. The molecule has 5 heteroatoms. The predicted octanol–water partition coefficient (Wildman–Crippen LogP) is 3.02. The quantitative estimate of drug-likeness (QED) is 0.732. The molecule has 1 heterocycles. The van der Waals surface area contributed by atoms with E-state index in [0.29, 0.717) is 38.5 Å². The third-order valence-electron chi connectivity index (χ3n) is 4.63. The summed E-state index contributed by atoms with van der Waals surface area (Å²) in [6.07, 6.45) is 5.85. The number of aldehydes is 1. The second kappa shape index (κ2) is 6.99. The van der Waals surface area contributed by atoms with E-state index in [1.165, 1.54) is 19.3 Å². The van der Waals surface area contributed by atoms with Crippen molar-refractivity contribution >= 4 is 12.4 Å². The average Bonchev–Trinajstić information content (AvgIpc) is 2.40. The maximum atomic E-state index is 12.0. The maximum absolute atomic E-state index is 12.0. The van der Waals surface area contributed by atoms with Gasteiger partial charge in [0.1, 0.15) is 11.9 Å². The Labute approximate surface area is 133 Å². The number of likely N-dealkylation sites (tertiary alicyclic amines) is 1. The molecule has 2 fully saturated rings. The van der Waals surface area contributed by atoms with Gasteiger partial charge in [-0.1, -0.05) is 6.42 Å². The van der Waals surface area contributed by atoms with Gasteiger partial charge in [-0.05, 0) is 52.4 Å². The van der Waals surface area contributed by atoms with E-state index in [4.69, 9.17) is 9.47 Å². The number of piperidine rings is 1. The molecule has 0 radical (unpaired) electrons. The summed E-state index contributed by atoms with van der Waals surface area (Å²) in [6, 6.07) is 0. The highest BCUT2D eigenvalue weighted by Gasteiger charge is 2.37. The van der Waals surface area contributed by atoms with Crippen molar-refractivity contribution in [1.29, 1.82) is 0 Å². The third kappa shape index (κ3) is 4.70. The molecule has 2 aliphatic rings. The van der Waals surface area contributed by atoms with Gasteiger partial charge >= 0.3 is 6.09 Å². The monoisotopic (exact) mass is 311 g/mol. The zero-order chi connectivity index (χ0) is 16.2. The van der Waals surface area contributed by atoms with Crippen molar-refractivity contribution in [3.8, 4) is 0 Å². The van der Waals surface area contributed by atoms with Crippen LogP contribution in [0.1, 0.15) is 52.9 Å². The largest absolute Gasteiger partial charge is 0.444 e. The Hall–Kier alpha value is -1.10. The number of rotatable bonds is 5. The Kier molecular flexibility index (Phi) is 5.48. The highest BCUT2D eigenvalue weighted by Crippen LogP contribution is 2.32. The van der Waals surface area contributed by atoms with Crippen LogP contribution >= 0.6 is 0 Å². The summed E-state index contributed by atoms with van der Waals surface area (Å²) < 4.78 is 11.2. The van der Waals surface area contributed by atoms with Crippen molar-refractivity contribution < 1.29 is 19.1 Å². The van der Waals surface area contributed by atoms with Crippen LogP contribution < -0.4 is 0 Å². The molecule has 0 unspecified atom stereocenters. The third-order valence-corrected chi connectivity index (χ3v) is 4.63. The number of carbonyl (C=O) groups excluding carboxylic acids is 2. The first-order valence-electron chi connectivity index (χ1n) is 8.36. The SMILES string of the molecule is CC(C)(C)OC(=O)N1CCC(C=O)(COCC2CCC2)CC1. The lowest BCUT2D eigenvalue weighted by Gasteiger charge is -2.38. The summed E-state index contributed by atoms with van der Waals surface area (Å²) in [5.41, 5.74) is -0.912. The van der Waals surface area contributed by atoms with Gasteiger partial charge < -0.3 is 19.2 Å². The molecule has 0 aromatic rings. The first kappa shape index (κ1) is 17.3. The minimum Gasteiger partial charge on any atom is -0.444 e. The Morgan fingerprint density at radius 1 is 1.27 bits per heavy atom. The van der Waals surface area contributed by atoms with Crippen LogP contribution in [0.5, 0.6) is 0 Å². The second-order valence-corrected chi connectivity index (χ2v) is 7.76. The van der Waals surface area contributed by atoms with Crippen molar-refractivity contribution in [2.75, 3.05) is 26.3 Å². The summed E-state index contributed by atoms with van der Waals surface area (Å²) in [4.78, 5) is 25.3. The molecule has 1 aliphatic heterocycles. The summed E-state index contributed by atoms with van der Waals surface area (Å²) in [5.74, 6) is 0.686. The first-order valence-corrected chi connectivity index (χ1v) is 8.36. The molecule has 22 heavy (non-hydrogen) atoms. The van der Waals surface area contributed by atoms with Crippen LogP contribution in [0.15, 0.2) is 0 Å². The van der Waals surface area contributed by atoms with E-state index >= 15 is 0 Å². The molecule has 0 aromatic carbocycles. The van der Waals surface area contributed by atoms with E-state index in [0.717, 1.165) is 12.9 Å². The van der Waals surface area contributed by atoms with E-state index in [-0.39, 0.29) is 6.09 Å². The molecule has 2 rings (SSSR count). The topological polar surface area (TPSA) is 55.8 Å². The number of ether oxygens (including phenoxy) is 2. The van der Waals surface area contributed by atoms with Crippen molar-refractivity contribution in [3.63, 3.8) is 0 Å². The standard InChI is InChI=1S/C17H29NO4/c1-16(2,3)22-15(20)18-9-7-17(12-19,8-10-18)13-21-11-14-5-4-6-14/h12,14H,4-11,13H2,1-3H3. The highest BCUT2D eigenvalue weighted by atomic mass is 16.6. The van der Waals surface area contributed by atoms with Gasteiger partial charge in [0.05, 0.1) is 12.0 Å². The Morgan fingerprint density at radius 2 is 1.91 bits per heavy atom. The molecule has 1 saturated heterocycles. The minimum absolute atomic E-state index is 0.289. The van der Waals surface area contributed by atoms with E-state index in [1.54, 1.807) is 4.90 Å². The molecule has 0 atom stereocenters. The van der Waals surface area contributed by atoms with Gasteiger partial charge in [0.25, 0.3) is 0 Å². The normalized spacial score (nSPS) is 22.0. The number of amides is 1. The van der Waals surface area contributed by atoms with Gasteiger partial charge in [-0.2, -0.15) is 0 Å². The van der Waals surface area contributed by atoms with Gasteiger partial charge in [0, 0.05) is 19.7 Å². The van der Waals surface area contributed by atoms with Crippen molar-refractivity contribution in [2.24, 2.45) is 11.3 Å². The first-order chi connectivity index (χ1) is 10.3. The van der Waals surface area contributed by atoms with Crippen LogP contribution in [0, 0.1) is 11.3 Å². The molecule has 1 amide bonds. The van der Waals surface area contributed by atoms with E-state index < -0.39 is 11.0 Å². The average molecular weight is 311 g/mol. The summed E-state index contributed by atoms with van der Waals surface area (Å²) in [5, 5.41) is 0. The molecular formula is C17H29NO4. The van der Waals surface area contributed by atoms with E-state index in [2.05, 4.69) is 0 Å². The van der Waals surface area contributed by atoms with Crippen molar-refractivity contribution in [1.82, 2.24) is 4.90 Å². The predicted molar refractivity (Wildman–Crippen MR) is 83.7 cm³/mol. The van der Waals surface area contributed by atoms with Crippen LogP contribution in [0.4, 0.5) is 4.79 Å². The van der Waals surface area contributed by atoms with Crippen molar-refractivity contribution in [3.05, 3.63) is 0 Å². The lowest BCUT2D eigenvalue weighted by molar-refractivity contribution is -0.124. The van der Waals surface area contributed by atoms with E-state index in [9.17, 15) is 9.59 Å². The number of hydrogen-bond donors (Lipinski definition) is 0. The van der Waals surface area contributed by atoms with Gasteiger partial charge in [-0.25, -0.2) is 4.79 Å². The van der Waals surface area contributed by atoms with Gasteiger partial charge in [-0.15, -0.1) is 0 Å². The molecule has 0 aromatic heterocycles. The summed E-state index contributed by atoms with van der Waals surface area (Å²) >= 11 is 0. The Morgan fingerprint density at radius 3 is 2.36 bits per heavy atom. The number of hydrogen-bond acceptors (Lipinski definition) is 4. The van der Waals surface area contributed by atoms with Gasteiger partial charge in [0.2, 0.25) is 0 Å². The Bertz CT molecular complexity index is 390. The second-order valence-electron chi connectivity index (χ2n) is 7.76. The Balaban J connectivity index is 1.77. The van der Waals surface area contributed by atoms with Crippen molar-refractivity contribution in [2.45, 2.75) is 58.5 Å². The molecule has 0 bridgehead atoms. The molecule has 5 nitrogen and oxygen atoms in total. The summed E-state index contributed by atoms with van der Waals surface area (Å²) in [6.45, 7) is 7.94. The zero-order valence-corrected chi connectivity index (χ0v) is 14.1. The lowest BCUT2D eigenvalue weighted by atomic mass is 9.80. The molecule has 1 saturated carbocycles. The van der Waals surface area contributed by atoms with Gasteiger partial charge in [0.15, 0.2) is 0 Å². The fraction of sp³-hybridized carbons (Fsp3) is 0.882. The fourth-order valence-corrected chi connectivity index (χ4v) is 2.85.